The number of amides is 3. The van der Waals surface area contributed by atoms with Crippen LogP contribution in [0.4, 0.5) is 4.79 Å². The number of ether oxygens (including phenoxy) is 3. The van der Waals surface area contributed by atoms with Gasteiger partial charge in [0, 0.05) is 42.9 Å². The maximum Gasteiger partial charge on any atom is 0.408 e. The van der Waals surface area contributed by atoms with Crippen molar-refractivity contribution in [3.63, 3.8) is 0 Å². The number of aromatic nitrogens is 1. The number of carbonyl (C=O) groups is 5. The first-order valence-electron chi connectivity index (χ1n) is 18.6. The normalized spacial score (nSPS) is 23.2. The van der Waals surface area contributed by atoms with Crippen molar-refractivity contribution in [2.45, 2.75) is 95.7 Å². The Morgan fingerprint density at radius 1 is 0.846 bits per heavy atom. The molecule has 4 bridgehead atoms. The predicted molar refractivity (Wildman–Crippen MR) is 192 cm³/mol. The van der Waals surface area contributed by atoms with Gasteiger partial charge in [-0.1, -0.05) is 55.5 Å². The third kappa shape index (κ3) is 9.13. The van der Waals surface area contributed by atoms with Gasteiger partial charge in [0.25, 0.3) is 0 Å². The Morgan fingerprint density at radius 3 is 2.19 bits per heavy atom. The first kappa shape index (κ1) is 36.9. The van der Waals surface area contributed by atoms with Crippen molar-refractivity contribution in [1.29, 1.82) is 0 Å². The molecule has 52 heavy (non-hydrogen) atoms. The largest absolute Gasteiger partial charge is 0.446 e. The number of aromatic amines is 1. The summed E-state index contributed by atoms with van der Waals surface area (Å²) in [7, 11) is 0. The second-order valence-corrected chi connectivity index (χ2v) is 14.9. The summed E-state index contributed by atoms with van der Waals surface area (Å²) in [6.07, 6.45) is 7.44. The maximum absolute atomic E-state index is 14.2. The Kier molecular flexibility index (Phi) is 11.8. The van der Waals surface area contributed by atoms with E-state index in [9.17, 15) is 24.0 Å². The summed E-state index contributed by atoms with van der Waals surface area (Å²) in [6.45, 7) is 3.05. The van der Waals surface area contributed by atoms with E-state index in [-0.39, 0.29) is 38.3 Å². The van der Waals surface area contributed by atoms with Crippen molar-refractivity contribution >= 4 is 40.7 Å². The van der Waals surface area contributed by atoms with E-state index in [1.165, 1.54) is 6.42 Å². The molecular weight excluding hydrogens is 664 g/mol. The predicted octanol–water partition coefficient (Wildman–Crippen LogP) is 5.62. The third-order valence-electron chi connectivity index (χ3n) is 10.9. The lowest BCUT2D eigenvalue weighted by molar-refractivity contribution is -0.167. The number of carbonyl (C=O) groups excluding carboxylic acids is 5. The Hall–Kier alpha value is -4.87. The van der Waals surface area contributed by atoms with Crippen LogP contribution >= 0.6 is 0 Å². The van der Waals surface area contributed by atoms with Crippen LogP contribution < -0.4 is 16.0 Å². The van der Waals surface area contributed by atoms with Gasteiger partial charge in [-0.15, -0.1) is 0 Å². The van der Waals surface area contributed by atoms with Crippen molar-refractivity contribution in [2.24, 2.45) is 23.7 Å². The molecule has 12 heteroatoms. The molecular formula is C40H50N4O8. The minimum atomic E-state index is -1.40. The fourth-order valence-electron chi connectivity index (χ4n) is 8.60. The van der Waals surface area contributed by atoms with Crippen LogP contribution in [0.2, 0.25) is 0 Å². The molecule has 4 aliphatic carbocycles. The molecule has 4 N–H and O–H groups in total. The van der Waals surface area contributed by atoms with Gasteiger partial charge in [-0.05, 0) is 86.3 Å². The van der Waals surface area contributed by atoms with Gasteiger partial charge in [0.15, 0.2) is 0 Å². The van der Waals surface area contributed by atoms with Crippen LogP contribution in [-0.2, 0) is 39.8 Å². The quantitative estimate of drug-likeness (QED) is 0.110. The number of nitrogens with one attached hydrogen (secondary N) is 4. The number of H-pyrrole nitrogens is 1. The van der Waals surface area contributed by atoms with E-state index in [1.54, 1.807) is 6.92 Å². The smallest absolute Gasteiger partial charge is 0.408 e. The van der Waals surface area contributed by atoms with E-state index < -0.39 is 48.2 Å². The minimum absolute atomic E-state index is 0.0160. The lowest BCUT2D eigenvalue weighted by Gasteiger charge is -2.53. The van der Waals surface area contributed by atoms with Gasteiger partial charge in [-0.2, -0.15) is 0 Å². The number of para-hydroxylation sites is 1. The Balaban J connectivity index is 1.11. The van der Waals surface area contributed by atoms with Gasteiger partial charge in [0.05, 0.1) is 12.5 Å². The standard InChI is InChI=1S/C40H50N4O8/c1-3-9-35(46)50-24-51-36(47)15-14-34(45)43-33(27-10-5-4-6-11-27)23-42-38(48)40(2,21-30-22-41-32-13-8-7-12-31(30)32)44-39(49)52-37-28-17-25-16-26(19-28)20-29(37)18-25/h4-8,10-13,22,25-26,28-29,33,37,41H,3,9,14-21,23-24H2,1-2H3,(H,42,48)(H,43,45)(H,44,49). The SMILES string of the molecule is CCCC(=O)OCOC(=O)CCC(=O)NC(CNC(=O)C(C)(Cc1c[nH]c2ccccc12)NC(=O)OC1C2CC3CC(C2)CC1C3)c1ccccc1. The van der Waals surface area contributed by atoms with Crippen LogP contribution in [0.5, 0.6) is 0 Å². The average Bonchev–Trinajstić information content (AvgIpc) is 3.52. The van der Waals surface area contributed by atoms with Gasteiger partial charge in [-0.3, -0.25) is 19.2 Å². The van der Waals surface area contributed by atoms with Gasteiger partial charge in [-0.25, -0.2) is 4.79 Å². The molecule has 4 aliphatic rings. The average molecular weight is 715 g/mol. The molecule has 2 atom stereocenters. The van der Waals surface area contributed by atoms with Gasteiger partial charge in [0.1, 0.15) is 11.6 Å². The number of esters is 2. The molecule has 0 aliphatic heterocycles. The molecule has 7 rings (SSSR count). The molecule has 4 saturated carbocycles. The Bertz CT molecular complexity index is 1710. The lowest BCUT2D eigenvalue weighted by atomic mass is 9.55. The zero-order valence-electron chi connectivity index (χ0n) is 30.0. The van der Waals surface area contributed by atoms with E-state index >= 15 is 0 Å². The highest BCUT2D eigenvalue weighted by Gasteiger charge is 2.50. The van der Waals surface area contributed by atoms with Crippen LogP contribution in [0.1, 0.15) is 88.8 Å². The number of alkyl carbamates (subject to hydrolysis) is 1. The monoisotopic (exact) mass is 714 g/mol. The van der Waals surface area contributed by atoms with Crippen molar-refractivity contribution in [1.82, 2.24) is 20.9 Å². The van der Waals surface area contributed by atoms with Gasteiger partial charge < -0.3 is 35.1 Å². The van der Waals surface area contributed by atoms with Crippen molar-refractivity contribution in [2.75, 3.05) is 13.3 Å². The van der Waals surface area contributed by atoms with Crippen LogP contribution in [-0.4, -0.2) is 59.8 Å². The van der Waals surface area contributed by atoms with E-state index in [1.807, 2.05) is 67.7 Å². The van der Waals surface area contributed by atoms with E-state index in [0.29, 0.717) is 18.3 Å². The number of fused-ring (bicyclic) bond motifs is 1. The highest BCUT2D eigenvalue weighted by atomic mass is 16.7. The molecule has 3 aromatic rings. The zero-order valence-corrected chi connectivity index (χ0v) is 30.0. The molecule has 12 nitrogen and oxygen atoms in total. The van der Waals surface area contributed by atoms with Gasteiger partial charge in [0.2, 0.25) is 18.6 Å². The number of benzene rings is 2. The number of rotatable bonds is 16. The number of hydrogen-bond donors (Lipinski definition) is 4. The van der Waals surface area contributed by atoms with Crippen molar-refractivity contribution in [3.8, 4) is 0 Å². The molecule has 1 heterocycles. The molecule has 2 aromatic carbocycles. The van der Waals surface area contributed by atoms with Crippen LogP contribution in [0.3, 0.4) is 0 Å². The minimum Gasteiger partial charge on any atom is -0.446 e. The fraction of sp³-hybridized carbons (Fsp3) is 0.525. The Morgan fingerprint density at radius 2 is 1.50 bits per heavy atom. The zero-order chi connectivity index (χ0) is 36.7. The summed E-state index contributed by atoms with van der Waals surface area (Å²) in [5.74, 6) is 0.205. The molecule has 1 aromatic heterocycles. The highest BCUT2D eigenvalue weighted by molar-refractivity contribution is 5.91. The molecule has 278 valence electrons. The molecule has 4 fully saturated rings. The van der Waals surface area contributed by atoms with E-state index in [0.717, 1.165) is 59.5 Å². The molecule has 2 unspecified atom stereocenters. The van der Waals surface area contributed by atoms with Gasteiger partial charge >= 0.3 is 18.0 Å². The fourth-order valence-corrected chi connectivity index (χ4v) is 8.60. The summed E-state index contributed by atoms with van der Waals surface area (Å²) in [5, 5.41) is 9.82. The van der Waals surface area contributed by atoms with Crippen LogP contribution in [0.15, 0.2) is 60.8 Å². The number of hydrogen-bond acceptors (Lipinski definition) is 8. The topological polar surface area (TPSA) is 165 Å². The lowest BCUT2D eigenvalue weighted by Crippen LogP contribution is -2.60. The summed E-state index contributed by atoms with van der Waals surface area (Å²) in [5.41, 5.74) is 1.13. The Labute approximate surface area is 304 Å². The summed E-state index contributed by atoms with van der Waals surface area (Å²) < 4.78 is 15.9. The molecule has 0 saturated heterocycles. The first-order valence-corrected chi connectivity index (χ1v) is 18.6. The van der Waals surface area contributed by atoms with Crippen LogP contribution in [0.25, 0.3) is 10.9 Å². The van der Waals surface area contributed by atoms with E-state index in [4.69, 9.17) is 14.2 Å². The van der Waals surface area contributed by atoms with Crippen molar-refractivity contribution < 1.29 is 38.2 Å². The van der Waals surface area contributed by atoms with E-state index in [2.05, 4.69) is 20.9 Å². The second-order valence-electron chi connectivity index (χ2n) is 14.9. The molecule has 0 spiro atoms. The second kappa shape index (κ2) is 16.6. The molecule has 0 radical (unpaired) electrons. The molecule has 3 amide bonds. The van der Waals surface area contributed by atoms with Crippen molar-refractivity contribution in [3.05, 3.63) is 71.9 Å². The third-order valence-corrected chi connectivity index (χ3v) is 10.9. The highest BCUT2D eigenvalue weighted by Crippen LogP contribution is 2.54. The summed E-state index contributed by atoms with van der Waals surface area (Å²) in [6, 6.07) is 16.3. The first-order chi connectivity index (χ1) is 25.1. The summed E-state index contributed by atoms with van der Waals surface area (Å²) >= 11 is 0. The maximum atomic E-state index is 14.2. The van der Waals surface area contributed by atoms with Crippen LogP contribution in [0, 0.1) is 23.7 Å². The summed E-state index contributed by atoms with van der Waals surface area (Å²) in [4.78, 5) is 67.8.